The standard InChI is InChI=1S/C19H23N3O2/c1-2-7-21-19(5-1)24-14-16-10-17-18(11-16)23-9-8-22(17)13-15-4-3-6-20-12-15/h1-7,12,16-18H,8-11,13-14H2/t16-,17+,18-/m0/s1. The molecule has 0 unspecified atom stereocenters. The van der Waals surface area contributed by atoms with Crippen LogP contribution in [0.2, 0.25) is 0 Å². The topological polar surface area (TPSA) is 47.5 Å². The summed E-state index contributed by atoms with van der Waals surface area (Å²) in [6.07, 6.45) is 8.07. The van der Waals surface area contributed by atoms with Crippen molar-refractivity contribution in [3.63, 3.8) is 0 Å². The summed E-state index contributed by atoms with van der Waals surface area (Å²) in [5.74, 6) is 1.23. The fraction of sp³-hybridized carbons (Fsp3) is 0.474. The van der Waals surface area contributed by atoms with Gasteiger partial charge in [-0.3, -0.25) is 9.88 Å². The zero-order valence-electron chi connectivity index (χ0n) is 13.8. The average Bonchev–Trinajstić information content (AvgIpc) is 3.06. The highest BCUT2D eigenvalue weighted by molar-refractivity contribution is 5.10. The van der Waals surface area contributed by atoms with E-state index < -0.39 is 0 Å². The molecule has 0 N–H and O–H groups in total. The van der Waals surface area contributed by atoms with Crippen molar-refractivity contribution in [2.75, 3.05) is 19.8 Å². The number of fused-ring (bicyclic) bond motifs is 1. The van der Waals surface area contributed by atoms with E-state index in [9.17, 15) is 0 Å². The van der Waals surface area contributed by atoms with E-state index in [0.717, 1.165) is 32.5 Å². The van der Waals surface area contributed by atoms with E-state index >= 15 is 0 Å². The smallest absolute Gasteiger partial charge is 0.213 e. The molecule has 1 aliphatic carbocycles. The fourth-order valence-electron chi connectivity index (χ4n) is 3.82. The van der Waals surface area contributed by atoms with E-state index in [-0.39, 0.29) is 0 Å². The molecule has 24 heavy (non-hydrogen) atoms. The first-order chi connectivity index (χ1) is 11.9. The van der Waals surface area contributed by atoms with Gasteiger partial charge < -0.3 is 9.47 Å². The van der Waals surface area contributed by atoms with Gasteiger partial charge >= 0.3 is 0 Å². The van der Waals surface area contributed by atoms with Crippen LogP contribution >= 0.6 is 0 Å². The van der Waals surface area contributed by atoms with E-state index in [0.29, 0.717) is 30.6 Å². The van der Waals surface area contributed by atoms with Gasteiger partial charge in [-0.25, -0.2) is 4.98 Å². The van der Waals surface area contributed by atoms with Gasteiger partial charge in [-0.2, -0.15) is 0 Å². The maximum Gasteiger partial charge on any atom is 0.213 e. The summed E-state index contributed by atoms with van der Waals surface area (Å²) in [6, 6.07) is 10.4. The van der Waals surface area contributed by atoms with Gasteiger partial charge in [-0.15, -0.1) is 0 Å². The summed E-state index contributed by atoms with van der Waals surface area (Å²) >= 11 is 0. The number of aromatic nitrogens is 2. The second-order valence-electron chi connectivity index (χ2n) is 6.62. The lowest BCUT2D eigenvalue weighted by atomic mass is 10.1. The largest absolute Gasteiger partial charge is 0.477 e. The Bertz CT molecular complexity index is 638. The molecule has 0 bridgehead atoms. The van der Waals surface area contributed by atoms with Crippen LogP contribution in [0, 0.1) is 5.92 Å². The third-order valence-electron chi connectivity index (χ3n) is 4.96. The Morgan fingerprint density at radius 1 is 1.17 bits per heavy atom. The van der Waals surface area contributed by atoms with Crippen LogP contribution < -0.4 is 4.74 Å². The molecule has 2 aromatic rings. The minimum Gasteiger partial charge on any atom is -0.477 e. The summed E-state index contributed by atoms with van der Waals surface area (Å²) < 4.78 is 11.9. The van der Waals surface area contributed by atoms with Gasteiger partial charge in [0, 0.05) is 43.8 Å². The van der Waals surface area contributed by atoms with Crippen molar-refractivity contribution in [1.29, 1.82) is 0 Å². The van der Waals surface area contributed by atoms with Crippen molar-refractivity contribution in [2.45, 2.75) is 31.5 Å². The Labute approximate surface area is 142 Å². The lowest BCUT2D eigenvalue weighted by Gasteiger charge is -2.37. The van der Waals surface area contributed by atoms with Crippen LogP contribution in [0.15, 0.2) is 48.9 Å². The monoisotopic (exact) mass is 325 g/mol. The van der Waals surface area contributed by atoms with Crippen LogP contribution in [-0.4, -0.2) is 46.8 Å². The van der Waals surface area contributed by atoms with Crippen molar-refractivity contribution in [1.82, 2.24) is 14.9 Å². The van der Waals surface area contributed by atoms with Gasteiger partial charge in [-0.1, -0.05) is 12.1 Å². The van der Waals surface area contributed by atoms with Crippen molar-refractivity contribution in [3.8, 4) is 5.88 Å². The first-order valence-electron chi connectivity index (χ1n) is 8.67. The molecule has 5 heteroatoms. The maximum atomic E-state index is 6.02. The number of morpholine rings is 1. The Morgan fingerprint density at radius 2 is 2.17 bits per heavy atom. The number of hydrogen-bond acceptors (Lipinski definition) is 5. The lowest BCUT2D eigenvalue weighted by molar-refractivity contribution is -0.0590. The second-order valence-corrected chi connectivity index (χ2v) is 6.62. The summed E-state index contributed by atoms with van der Waals surface area (Å²) in [4.78, 5) is 11.0. The third-order valence-corrected chi connectivity index (χ3v) is 4.96. The third kappa shape index (κ3) is 3.57. The van der Waals surface area contributed by atoms with Gasteiger partial charge in [0.2, 0.25) is 5.88 Å². The van der Waals surface area contributed by atoms with Gasteiger partial charge in [-0.05, 0) is 36.5 Å². The Kier molecular flexibility index (Phi) is 4.71. The Morgan fingerprint density at radius 3 is 3.00 bits per heavy atom. The number of ether oxygens (including phenoxy) is 2. The molecular weight excluding hydrogens is 302 g/mol. The highest BCUT2D eigenvalue weighted by atomic mass is 16.5. The second kappa shape index (κ2) is 7.28. The summed E-state index contributed by atoms with van der Waals surface area (Å²) in [5.41, 5.74) is 1.27. The van der Waals surface area contributed by atoms with E-state index in [1.165, 1.54) is 5.56 Å². The molecule has 5 nitrogen and oxygen atoms in total. The zero-order chi connectivity index (χ0) is 16.2. The predicted molar refractivity (Wildman–Crippen MR) is 90.6 cm³/mol. The predicted octanol–water partition coefficient (Wildman–Crippen LogP) is 2.54. The summed E-state index contributed by atoms with van der Waals surface area (Å²) in [6.45, 7) is 3.47. The first-order valence-corrected chi connectivity index (χ1v) is 8.67. The van der Waals surface area contributed by atoms with Crippen LogP contribution in [0.4, 0.5) is 0 Å². The molecule has 2 aromatic heterocycles. The average molecular weight is 325 g/mol. The Balaban J connectivity index is 1.35. The van der Waals surface area contributed by atoms with E-state index in [2.05, 4.69) is 20.9 Å². The molecule has 0 spiro atoms. The van der Waals surface area contributed by atoms with Crippen LogP contribution in [0.1, 0.15) is 18.4 Å². The van der Waals surface area contributed by atoms with Crippen LogP contribution in [-0.2, 0) is 11.3 Å². The number of hydrogen-bond donors (Lipinski definition) is 0. The SMILES string of the molecule is c1ccc(OC[C@@H]2C[C@@H]3OCCN(Cc4cccnc4)[C@@H]3C2)nc1. The molecular formula is C19H23N3O2. The highest BCUT2D eigenvalue weighted by Crippen LogP contribution is 2.35. The zero-order valence-corrected chi connectivity index (χ0v) is 13.8. The Hall–Kier alpha value is -1.98. The molecule has 0 aromatic carbocycles. The molecule has 3 atom stereocenters. The molecule has 0 amide bonds. The molecule has 1 saturated carbocycles. The molecule has 1 aliphatic heterocycles. The van der Waals surface area contributed by atoms with Crippen LogP contribution in [0.5, 0.6) is 5.88 Å². The van der Waals surface area contributed by atoms with E-state index in [4.69, 9.17) is 9.47 Å². The minimum atomic E-state index is 0.327. The number of pyridine rings is 2. The molecule has 4 rings (SSSR count). The number of nitrogens with zero attached hydrogens (tertiary/aromatic N) is 3. The summed E-state index contributed by atoms with van der Waals surface area (Å²) in [5, 5.41) is 0. The maximum absolute atomic E-state index is 6.02. The fourth-order valence-corrected chi connectivity index (χ4v) is 3.82. The van der Waals surface area contributed by atoms with Gasteiger partial charge in [0.25, 0.3) is 0 Å². The van der Waals surface area contributed by atoms with E-state index in [1.807, 2.05) is 36.7 Å². The van der Waals surface area contributed by atoms with Crippen LogP contribution in [0.3, 0.4) is 0 Å². The molecule has 1 saturated heterocycles. The normalized spacial score (nSPS) is 26.9. The lowest BCUT2D eigenvalue weighted by Crippen LogP contribution is -2.47. The molecule has 2 fully saturated rings. The van der Waals surface area contributed by atoms with Crippen molar-refractivity contribution in [2.24, 2.45) is 5.92 Å². The first kappa shape index (κ1) is 15.5. The van der Waals surface area contributed by atoms with Gasteiger partial charge in [0.15, 0.2) is 0 Å². The van der Waals surface area contributed by atoms with Gasteiger partial charge in [0.05, 0.1) is 19.3 Å². The van der Waals surface area contributed by atoms with Crippen LogP contribution in [0.25, 0.3) is 0 Å². The molecule has 126 valence electrons. The molecule has 2 aliphatic rings. The molecule has 0 radical (unpaired) electrons. The number of rotatable bonds is 5. The van der Waals surface area contributed by atoms with Crippen molar-refractivity contribution >= 4 is 0 Å². The minimum absolute atomic E-state index is 0.327. The molecule has 3 heterocycles. The van der Waals surface area contributed by atoms with Crippen molar-refractivity contribution < 1.29 is 9.47 Å². The summed E-state index contributed by atoms with van der Waals surface area (Å²) in [7, 11) is 0. The highest BCUT2D eigenvalue weighted by Gasteiger charge is 2.41. The van der Waals surface area contributed by atoms with Crippen molar-refractivity contribution in [3.05, 3.63) is 54.5 Å². The quantitative estimate of drug-likeness (QED) is 0.845. The van der Waals surface area contributed by atoms with Gasteiger partial charge in [0.1, 0.15) is 0 Å². The van der Waals surface area contributed by atoms with E-state index in [1.54, 1.807) is 6.20 Å².